The summed E-state index contributed by atoms with van der Waals surface area (Å²) in [7, 11) is 1.66. The Bertz CT molecular complexity index is 724. The molecule has 0 saturated heterocycles. The van der Waals surface area contributed by atoms with E-state index in [0.29, 0.717) is 0 Å². The van der Waals surface area contributed by atoms with Crippen LogP contribution in [0.5, 0.6) is 5.75 Å². The lowest BCUT2D eigenvalue weighted by molar-refractivity contribution is 0.414. The number of methoxy groups -OCH3 is 1. The summed E-state index contributed by atoms with van der Waals surface area (Å²) < 4.78 is 5.24. The molecule has 2 N–H and O–H groups in total. The quantitative estimate of drug-likeness (QED) is 0.761. The Balaban J connectivity index is 1.88. The molecule has 0 fully saturated rings. The van der Waals surface area contributed by atoms with E-state index in [9.17, 15) is 0 Å². The number of aromatic amines is 1. The van der Waals surface area contributed by atoms with Crippen LogP contribution in [0.4, 0.5) is 5.82 Å². The number of benzene rings is 1. The molecule has 0 aliphatic heterocycles. The molecule has 1 aromatic carbocycles. The standard InChI is InChI=1S/C14H15N5O/c1-9(10-4-3-5-11(6-10)20-2)18-13-12-7-17-19-14(12)16-8-15-13/h3-9H,1-2H3,(H2,15,16,17,18,19). The Labute approximate surface area is 116 Å². The molecule has 0 radical (unpaired) electrons. The Hall–Kier alpha value is -2.63. The number of H-pyrrole nitrogens is 1. The van der Waals surface area contributed by atoms with E-state index < -0.39 is 0 Å². The molecule has 1 atom stereocenters. The number of nitrogens with zero attached hydrogens (tertiary/aromatic N) is 3. The first kappa shape index (κ1) is 12.4. The van der Waals surface area contributed by atoms with Gasteiger partial charge in [-0.05, 0) is 24.6 Å². The van der Waals surface area contributed by atoms with E-state index in [1.807, 2.05) is 24.3 Å². The van der Waals surface area contributed by atoms with Gasteiger partial charge < -0.3 is 10.1 Å². The van der Waals surface area contributed by atoms with E-state index >= 15 is 0 Å². The zero-order chi connectivity index (χ0) is 13.9. The number of anilines is 1. The van der Waals surface area contributed by atoms with Crippen LogP contribution >= 0.6 is 0 Å². The van der Waals surface area contributed by atoms with E-state index in [0.717, 1.165) is 28.2 Å². The first-order chi connectivity index (χ1) is 9.78. The zero-order valence-electron chi connectivity index (χ0n) is 11.3. The number of hydrogen-bond donors (Lipinski definition) is 2. The number of aromatic nitrogens is 4. The van der Waals surface area contributed by atoms with Crippen molar-refractivity contribution >= 4 is 16.9 Å². The molecule has 0 amide bonds. The van der Waals surface area contributed by atoms with Crippen LogP contribution in [-0.4, -0.2) is 27.3 Å². The Morgan fingerprint density at radius 2 is 2.20 bits per heavy atom. The lowest BCUT2D eigenvalue weighted by atomic mass is 10.1. The summed E-state index contributed by atoms with van der Waals surface area (Å²) in [5, 5.41) is 11.1. The van der Waals surface area contributed by atoms with Crippen LogP contribution in [0.25, 0.3) is 11.0 Å². The van der Waals surface area contributed by atoms with Gasteiger partial charge in [-0.1, -0.05) is 12.1 Å². The van der Waals surface area contributed by atoms with Crippen molar-refractivity contribution in [3.63, 3.8) is 0 Å². The first-order valence-electron chi connectivity index (χ1n) is 6.32. The summed E-state index contributed by atoms with van der Waals surface area (Å²) in [6.45, 7) is 2.07. The predicted octanol–water partition coefficient (Wildman–Crippen LogP) is 2.53. The lowest BCUT2D eigenvalue weighted by Crippen LogP contribution is -2.08. The summed E-state index contributed by atoms with van der Waals surface area (Å²) in [5.74, 6) is 1.60. The van der Waals surface area contributed by atoms with Gasteiger partial charge in [0.05, 0.1) is 24.7 Å². The molecular weight excluding hydrogens is 254 g/mol. The van der Waals surface area contributed by atoms with Gasteiger partial charge >= 0.3 is 0 Å². The molecule has 0 bridgehead atoms. The number of ether oxygens (including phenoxy) is 1. The second-order valence-corrected chi connectivity index (χ2v) is 4.50. The number of hydrogen-bond acceptors (Lipinski definition) is 5. The van der Waals surface area contributed by atoms with Crippen molar-refractivity contribution in [2.45, 2.75) is 13.0 Å². The van der Waals surface area contributed by atoms with Crippen molar-refractivity contribution in [3.8, 4) is 5.75 Å². The Morgan fingerprint density at radius 1 is 1.30 bits per heavy atom. The summed E-state index contributed by atoms with van der Waals surface area (Å²) in [6, 6.07) is 8.05. The highest BCUT2D eigenvalue weighted by molar-refractivity contribution is 5.85. The third-order valence-corrected chi connectivity index (χ3v) is 3.20. The zero-order valence-corrected chi connectivity index (χ0v) is 11.3. The van der Waals surface area contributed by atoms with E-state index in [-0.39, 0.29) is 6.04 Å². The molecule has 0 aliphatic carbocycles. The van der Waals surface area contributed by atoms with Gasteiger partial charge in [-0.15, -0.1) is 0 Å². The second kappa shape index (κ2) is 5.16. The molecule has 102 valence electrons. The fourth-order valence-electron chi connectivity index (χ4n) is 2.08. The molecular formula is C14H15N5O. The normalized spacial score (nSPS) is 12.3. The highest BCUT2D eigenvalue weighted by atomic mass is 16.5. The first-order valence-corrected chi connectivity index (χ1v) is 6.32. The minimum absolute atomic E-state index is 0.0955. The SMILES string of the molecule is COc1cccc(C(C)Nc2ncnc3[nH]ncc23)c1. The van der Waals surface area contributed by atoms with E-state index in [4.69, 9.17) is 4.74 Å². The molecule has 2 heterocycles. The van der Waals surface area contributed by atoms with Crippen LogP contribution in [0.15, 0.2) is 36.8 Å². The highest BCUT2D eigenvalue weighted by Gasteiger charge is 2.10. The molecule has 3 aromatic rings. The van der Waals surface area contributed by atoms with Crippen LogP contribution in [0, 0.1) is 0 Å². The molecule has 6 nitrogen and oxygen atoms in total. The smallest absolute Gasteiger partial charge is 0.160 e. The van der Waals surface area contributed by atoms with E-state index in [1.165, 1.54) is 6.33 Å². The van der Waals surface area contributed by atoms with Crippen LogP contribution in [-0.2, 0) is 0 Å². The van der Waals surface area contributed by atoms with Crippen molar-refractivity contribution in [3.05, 3.63) is 42.4 Å². The third kappa shape index (κ3) is 2.27. The van der Waals surface area contributed by atoms with Crippen LogP contribution in [0.3, 0.4) is 0 Å². The van der Waals surface area contributed by atoms with Crippen molar-refractivity contribution in [2.24, 2.45) is 0 Å². The Kier molecular flexibility index (Phi) is 3.20. The van der Waals surface area contributed by atoms with Gasteiger partial charge in [0.25, 0.3) is 0 Å². The molecule has 6 heteroatoms. The van der Waals surface area contributed by atoms with Gasteiger partial charge in [-0.25, -0.2) is 9.97 Å². The van der Waals surface area contributed by atoms with Crippen molar-refractivity contribution in [1.29, 1.82) is 0 Å². The summed E-state index contributed by atoms with van der Waals surface area (Å²) >= 11 is 0. The average molecular weight is 269 g/mol. The molecule has 2 aromatic heterocycles. The van der Waals surface area contributed by atoms with Gasteiger partial charge in [0.2, 0.25) is 0 Å². The maximum atomic E-state index is 5.24. The monoisotopic (exact) mass is 269 g/mol. The average Bonchev–Trinajstić information content (AvgIpc) is 2.97. The molecule has 3 rings (SSSR count). The minimum Gasteiger partial charge on any atom is -0.497 e. The molecule has 20 heavy (non-hydrogen) atoms. The van der Waals surface area contributed by atoms with Gasteiger partial charge in [0.15, 0.2) is 5.65 Å². The van der Waals surface area contributed by atoms with Crippen molar-refractivity contribution in [1.82, 2.24) is 20.2 Å². The lowest BCUT2D eigenvalue weighted by Gasteiger charge is -2.16. The summed E-state index contributed by atoms with van der Waals surface area (Å²) in [4.78, 5) is 8.39. The van der Waals surface area contributed by atoms with Crippen molar-refractivity contribution in [2.75, 3.05) is 12.4 Å². The minimum atomic E-state index is 0.0955. The van der Waals surface area contributed by atoms with E-state index in [2.05, 4.69) is 32.4 Å². The fraction of sp³-hybridized carbons (Fsp3) is 0.214. The van der Waals surface area contributed by atoms with E-state index in [1.54, 1.807) is 13.3 Å². The van der Waals surface area contributed by atoms with Gasteiger partial charge in [0, 0.05) is 0 Å². The number of nitrogens with one attached hydrogen (secondary N) is 2. The Morgan fingerprint density at radius 3 is 3.05 bits per heavy atom. The van der Waals surface area contributed by atoms with Crippen LogP contribution in [0.1, 0.15) is 18.5 Å². The third-order valence-electron chi connectivity index (χ3n) is 3.20. The summed E-state index contributed by atoms with van der Waals surface area (Å²) in [6.07, 6.45) is 3.23. The van der Waals surface area contributed by atoms with Gasteiger partial charge in [0.1, 0.15) is 17.9 Å². The molecule has 0 aliphatic rings. The summed E-state index contributed by atoms with van der Waals surface area (Å²) in [5.41, 5.74) is 1.85. The van der Waals surface area contributed by atoms with Crippen LogP contribution in [0.2, 0.25) is 0 Å². The fourth-order valence-corrected chi connectivity index (χ4v) is 2.08. The van der Waals surface area contributed by atoms with Crippen molar-refractivity contribution < 1.29 is 4.74 Å². The molecule has 1 unspecified atom stereocenters. The molecule has 0 spiro atoms. The maximum Gasteiger partial charge on any atom is 0.160 e. The maximum absolute atomic E-state index is 5.24. The number of rotatable bonds is 4. The largest absolute Gasteiger partial charge is 0.497 e. The van der Waals surface area contributed by atoms with Gasteiger partial charge in [-0.2, -0.15) is 5.10 Å². The molecule has 0 saturated carbocycles. The highest BCUT2D eigenvalue weighted by Crippen LogP contribution is 2.24. The topological polar surface area (TPSA) is 75.7 Å². The number of fused-ring (bicyclic) bond motifs is 1. The van der Waals surface area contributed by atoms with Crippen LogP contribution < -0.4 is 10.1 Å². The predicted molar refractivity (Wildman–Crippen MR) is 76.7 cm³/mol. The van der Waals surface area contributed by atoms with Gasteiger partial charge in [-0.3, -0.25) is 5.10 Å². The second-order valence-electron chi connectivity index (χ2n) is 4.50.